The summed E-state index contributed by atoms with van der Waals surface area (Å²) in [6.45, 7) is 4.15. The van der Waals surface area contributed by atoms with E-state index in [0.29, 0.717) is 0 Å². The number of nitrogens with zero attached hydrogens (tertiary/aromatic N) is 1. The maximum Gasteiger partial charge on any atom is 0.133 e. The Morgan fingerprint density at radius 3 is 2.33 bits per heavy atom. The topological polar surface area (TPSA) is 23.8 Å². The highest BCUT2D eigenvalue weighted by Gasteiger charge is 1.95. The van der Waals surface area contributed by atoms with Gasteiger partial charge in [-0.2, -0.15) is 5.26 Å². The quantitative estimate of drug-likeness (QED) is 0.648. The molecule has 0 aliphatic heterocycles. The molecule has 1 rings (SSSR count). The maximum atomic E-state index is 8.38. The molecule has 62 valence electrons. The van der Waals surface area contributed by atoms with Gasteiger partial charge in [-0.3, -0.25) is 0 Å². The molecule has 0 unspecified atom stereocenters. The van der Waals surface area contributed by atoms with Gasteiger partial charge in [-0.1, -0.05) is 29.3 Å². The van der Waals surface area contributed by atoms with Gasteiger partial charge in [-0.15, -0.1) is 0 Å². The molecular formula is C10H11NS. The summed E-state index contributed by atoms with van der Waals surface area (Å²) in [5.74, 6) is 0.791. The van der Waals surface area contributed by atoms with Gasteiger partial charge in [0.25, 0.3) is 0 Å². The number of thioether (sulfide) groups is 1. The molecule has 0 bridgehead atoms. The number of rotatable bonds is 2. The van der Waals surface area contributed by atoms with Gasteiger partial charge in [0.05, 0.1) is 0 Å². The van der Waals surface area contributed by atoms with Crippen LogP contribution in [0.2, 0.25) is 0 Å². The van der Waals surface area contributed by atoms with Gasteiger partial charge in [-0.25, -0.2) is 0 Å². The number of aryl methyl sites for hydroxylation is 2. The summed E-state index contributed by atoms with van der Waals surface area (Å²) < 4.78 is 0. The molecule has 0 saturated heterocycles. The van der Waals surface area contributed by atoms with Gasteiger partial charge < -0.3 is 0 Å². The lowest BCUT2D eigenvalue weighted by Crippen LogP contribution is -1.83. The van der Waals surface area contributed by atoms with Crippen LogP contribution in [0.15, 0.2) is 18.2 Å². The Balaban J connectivity index is 2.80. The molecule has 0 heterocycles. The number of thiocyanates is 1. The normalized spacial score (nSPS) is 9.42. The first kappa shape index (κ1) is 9.15. The van der Waals surface area contributed by atoms with Crippen LogP contribution in [0.4, 0.5) is 0 Å². The minimum absolute atomic E-state index is 0.791. The zero-order chi connectivity index (χ0) is 8.97. The van der Waals surface area contributed by atoms with Gasteiger partial charge in [0.2, 0.25) is 0 Å². The molecule has 0 radical (unpaired) electrons. The number of nitriles is 1. The lowest BCUT2D eigenvalue weighted by Gasteiger charge is -2.01. The fraction of sp³-hybridized carbons (Fsp3) is 0.300. The predicted octanol–water partition coefficient (Wildman–Crippen LogP) is 3.02. The Bertz CT molecular complexity index is 292. The minimum atomic E-state index is 0.791. The van der Waals surface area contributed by atoms with Crippen molar-refractivity contribution < 1.29 is 0 Å². The molecule has 0 saturated carbocycles. The van der Waals surface area contributed by atoms with Crippen molar-refractivity contribution in [1.29, 1.82) is 5.26 Å². The molecule has 0 spiro atoms. The molecule has 1 nitrogen and oxygen atoms in total. The van der Waals surface area contributed by atoms with Crippen LogP contribution in [0.5, 0.6) is 0 Å². The highest BCUT2D eigenvalue weighted by atomic mass is 32.2. The third-order valence-corrected chi connectivity index (χ3v) is 2.19. The van der Waals surface area contributed by atoms with Crippen LogP contribution in [0, 0.1) is 24.5 Å². The fourth-order valence-electron chi connectivity index (χ4n) is 1.27. The van der Waals surface area contributed by atoms with Crippen molar-refractivity contribution in [2.24, 2.45) is 0 Å². The summed E-state index contributed by atoms with van der Waals surface area (Å²) in [4.78, 5) is 0. The van der Waals surface area contributed by atoms with Crippen molar-refractivity contribution in [2.75, 3.05) is 0 Å². The molecule has 0 amide bonds. The third-order valence-electron chi connectivity index (χ3n) is 1.58. The second kappa shape index (κ2) is 4.18. The van der Waals surface area contributed by atoms with Crippen molar-refractivity contribution in [3.8, 4) is 5.40 Å². The highest BCUT2D eigenvalue weighted by Crippen LogP contribution is 2.14. The van der Waals surface area contributed by atoms with Crippen molar-refractivity contribution in [3.63, 3.8) is 0 Å². The molecule has 0 fully saturated rings. The lowest BCUT2D eigenvalue weighted by molar-refractivity contribution is 1.30. The van der Waals surface area contributed by atoms with Crippen LogP contribution in [0.25, 0.3) is 0 Å². The van der Waals surface area contributed by atoms with Crippen LogP contribution >= 0.6 is 11.8 Å². The first-order chi connectivity index (χ1) is 5.72. The third kappa shape index (κ3) is 2.60. The first-order valence-corrected chi connectivity index (χ1v) is 4.79. The molecule has 1 aromatic carbocycles. The molecule has 2 heteroatoms. The van der Waals surface area contributed by atoms with Crippen molar-refractivity contribution in [3.05, 3.63) is 34.9 Å². The van der Waals surface area contributed by atoms with Crippen molar-refractivity contribution in [1.82, 2.24) is 0 Å². The molecule has 12 heavy (non-hydrogen) atoms. The molecule has 0 N–H and O–H groups in total. The Morgan fingerprint density at radius 2 is 1.83 bits per heavy atom. The van der Waals surface area contributed by atoms with E-state index in [1.807, 2.05) is 0 Å². The summed E-state index contributed by atoms with van der Waals surface area (Å²) in [6, 6.07) is 6.38. The average Bonchev–Trinajstić information content (AvgIpc) is 1.99. The average molecular weight is 177 g/mol. The minimum Gasteiger partial charge on any atom is -0.185 e. The van der Waals surface area contributed by atoms with Gasteiger partial charge in [0, 0.05) is 5.75 Å². The van der Waals surface area contributed by atoms with E-state index in [9.17, 15) is 0 Å². The molecule has 0 aromatic heterocycles. The SMILES string of the molecule is Cc1cc(C)cc(CSC#N)c1. The Labute approximate surface area is 77.4 Å². The summed E-state index contributed by atoms with van der Waals surface area (Å²) in [5.41, 5.74) is 3.77. The van der Waals surface area contributed by atoms with Crippen LogP contribution in [0.1, 0.15) is 16.7 Å². The van der Waals surface area contributed by atoms with Crippen LogP contribution in [0.3, 0.4) is 0 Å². The van der Waals surface area contributed by atoms with E-state index >= 15 is 0 Å². The molecule has 1 aromatic rings. The van der Waals surface area contributed by atoms with E-state index in [1.54, 1.807) is 0 Å². The molecule has 0 aliphatic carbocycles. The van der Waals surface area contributed by atoms with E-state index in [-0.39, 0.29) is 0 Å². The summed E-state index contributed by atoms with van der Waals surface area (Å²) >= 11 is 1.28. The lowest BCUT2D eigenvalue weighted by atomic mass is 10.1. The first-order valence-electron chi connectivity index (χ1n) is 3.80. The second-order valence-electron chi connectivity index (χ2n) is 2.88. The highest BCUT2D eigenvalue weighted by molar-refractivity contribution is 8.02. The van der Waals surface area contributed by atoms with Gasteiger partial charge in [0.15, 0.2) is 0 Å². The molecular weight excluding hydrogens is 166 g/mol. The molecule has 0 atom stereocenters. The van der Waals surface area contributed by atoms with E-state index in [1.165, 1.54) is 28.5 Å². The smallest absolute Gasteiger partial charge is 0.133 e. The number of hydrogen-bond acceptors (Lipinski definition) is 2. The van der Waals surface area contributed by atoms with Crippen LogP contribution in [-0.2, 0) is 5.75 Å². The maximum absolute atomic E-state index is 8.38. The number of benzene rings is 1. The standard InChI is InChI=1S/C10H11NS/c1-8-3-9(2)5-10(4-8)6-12-7-11/h3-5H,6H2,1-2H3. The Hall–Kier alpha value is -0.940. The largest absolute Gasteiger partial charge is 0.185 e. The van der Waals surface area contributed by atoms with Crippen molar-refractivity contribution >= 4 is 11.8 Å². The fourth-order valence-corrected chi connectivity index (χ4v) is 1.67. The van der Waals surface area contributed by atoms with Gasteiger partial charge in [0.1, 0.15) is 5.40 Å². The zero-order valence-electron chi connectivity index (χ0n) is 7.29. The van der Waals surface area contributed by atoms with E-state index in [0.717, 1.165) is 5.75 Å². The zero-order valence-corrected chi connectivity index (χ0v) is 8.11. The van der Waals surface area contributed by atoms with Crippen LogP contribution < -0.4 is 0 Å². The second-order valence-corrected chi connectivity index (χ2v) is 3.64. The van der Waals surface area contributed by atoms with E-state index < -0.39 is 0 Å². The van der Waals surface area contributed by atoms with E-state index in [2.05, 4.69) is 37.4 Å². The van der Waals surface area contributed by atoms with Gasteiger partial charge in [-0.05, 0) is 31.2 Å². The van der Waals surface area contributed by atoms with Gasteiger partial charge >= 0.3 is 0 Å². The number of hydrogen-bond donors (Lipinski definition) is 0. The molecule has 0 aliphatic rings. The Morgan fingerprint density at radius 1 is 1.25 bits per heavy atom. The van der Waals surface area contributed by atoms with Crippen molar-refractivity contribution in [2.45, 2.75) is 19.6 Å². The predicted molar refractivity (Wildman–Crippen MR) is 52.8 cm³/mol. The monoisotopic (exact) mass is 177 g/mol. The Kier molecular flexibility index (Phi) is 3.19. The summed E-state index contributed by atoms with van der Waals surface area (Å²) in [7, 11) is 0. The van der Waals surface area contributed by atoms with E-state index in [4.69, 9.17) is 5.26 Å². The van der Waals surface area contributed by atoms with Crippen LogP contribution in [-0.4, -0.2) is 0 Å². The summed E-state index contributed by atoms with van der Waals surface area (Å²) in [6.07, 6.45) is 0. The summed E-state index contributed by atoms with van der Waals surface area (Å²) in [5, 5.41) is 10.5.